The van der Waals surface area contributed by atoms with Gasteiger partial charge in [0.15, 0.2) is 0 Å². The van der Waals surface area contributed by atoms with E-state index >= 15 is 0 Å². The maximum absolute atomic E-state index is 5.55. The summed E-state index contributed by atoms with van der Waals surface area (Å²) >= 11 is 0. The molecule has 78 valence electrons. The summed E-state index contributed by atoms with van der Waals surface area (Å²) in [4.78, 5) is 0. The lowest BCUT2D eigenvalue weighted by molar-refractivity contribution is 0.306. The van der Waals surface area contributed by atoms with E-state index in [0.717, 1.165) is 25.3 Å². The fourth-order valence-electron chi connectivity index (χ4n) is 1.17. The highest BCUT2D eigenvalue weighted by Crippen LogP contribution is 2.07. The lowest BCUT2D eigenvalue weighted by atomic mass is 10.3. The van der Waals surface area contributed by atoms with Crippen molar-refractivity contribution in [3.63, 3.8) is 0 Å². The number of benzene rings is 1. The Hall–Kier alpha value is -1.02. The minimum Gasteiger partial charge on any atom is -0.494 e. The molecule has 14 heavy (non-hydrogen) atoms. The van der Waals surface area contributed by atoms with Crippen molar-refractivity contribution in [2.45, 2.75) is 26.3 Å². The standard InChI is InChI=1S/C12H19NO/c1-11(2)13-9-6-10-14-12-7-4-3-5-8-12/h3-5,7-8,11,13H,6,9-10H2,1-2H3. The molecule has 0 bridgehead atoms. The molecule has 0 unspecified atom stereocenters. The second kappa shape index (κ2) is 6.44. The summed E-state index contributed by atoms with van der Waals surface area (Å²) in [5.41, 5.74) is 0. The molecule has 0 heterocycles. The predicted octanol–water partition coefficient (Wildman–Crippen LogP) is 2.45. The zero-order valence-electron chi connectivity index (χ0n) is 8.99. The van der Waals surface area contributed by atoms with Crippen LogP contribution in [0.15, 0.2) is 30.3 Å². The van der Waals surface area contributed by atoms with Crippen molar-refractivity contribution < 1.29 is 4.74 Å². The Labute approximate surface area is 86.3 Å². The van der Waals surface area contributed by atoms with E-state index in [9.17, 15) is 0 Å². The maximum atomic E-state index is 5.55. The van der Waals surface area contributed by atoms with Crippen molar-refractivity contribution >= 4 is 0 Å². The van der Waals surface area contributed by atoms with Crippen LogP contribution in [0.25, 0.3) is 0 Å². The van der Waals surface area contributed by atoms with Gasteiger partial charge in [0.2, 0.25) is 0 Å². The van der Waals surface area contributed by atoms with Gasteiger partial charge in [0.05, 0.1) is 6.61 Å². The van der Waals surface area contributed by atoms with Crippen molar-refractivity contribution in [2.75, 3.05) is 13.2 Å². The fraction of sp³-hybridized carbons (Fsp3) is 0.500. The third-order valence-electron chi connectivity index (χ3n) is 1.89. The van der Waals surface area contributed by atoms with Crippen LogP contribution in [0.4, 0.5) is 0 Å². The van der Waals surface area contributed by atoms with E-state index in [4.69, 9.17) is 4.74 Å². The lowest BCUT2D eigenvalue weighted by Gasteiger charge is -2.08. The van der Waals surface area contributed by atoms with Gasteiger partial charge in [0.25, 0.3) is 0 Å². The van der Waals surface area contributed by atoms with Crippen molar-refractivity contribution in [3.8, 4) is 5.75 Å². The summed E-state index contributed by atoms with van der Waals surface area (Å²) in [5.74, 6) is 0.956. The number of para-hydroxylation sites is 1. The van der Waals surface area contributed by atoms with Gasteiger partial charge in [-0.2, -0.15) is 0 Å². The molecule has 1 N–H and O–H groups in total. The van der Waals surface area contributed by atoms with Crippen LogP contribution in [0.1, 0.15) is 20.3 Å². The Bertz CT molecular complexity index is 233. The molecule has 0 aliphatic rings. The normalized spacial score (nSPS) is 10.5. The average Bonchev–Trinajstić information content (AvgIpc) is 2.18. The second-order valence-electron chi connectivity index (χ2n) is 3.62. The van der Waals surface area contributed by atoms with Crippen molar-refractivity contribution in [1.29, 1.82) is 0 Å². The van der Waals surface area contributed by atoms with Crippen LogP contribution >= 0.6 is 0 Å². The highest BCUT2D eigenvalue weighted by Gasteiger charge is 1.93. The number of hydrogen-bond donors (Lipinski definition) is 1. The van der Waals surface area contributed by atoms with Crippen LogP contribution < -0.4 is 10.1 Å². The largest absolute Gasteiger partial charge is 0.494 e. The molecule has 0 atom stereocenters. The lowest BCUT2D eigenvalue weighted by Crippen LogP contribution is -2.24. The molecule has 0 aliphatic heterocycles. The monoisotopic (exact) mass is 193 g/mol. The van der Waals surface area contributed by atoms with Gasteiger partial charge >= 0.3 is 0 Å². The molecule has 0 aliphatic carbocycles. The van der Waals surface area contributed by atoms with Crippen LogP contribution in [0, 0.1) is 0 Å². The van der Waals surface area contributed by atoms with Gasteiger partial charge in [-0.25, -0.2) is 0 Å². The summed E-state index contributed by atoms with van der Waals surface area (Å²) in [6.07, 6.45) is 1.05. The van der Waals surface area contributed by atoms with Crippen LogP contribution in [-0.2, 0) is 0 Å². The molecule has 1 aromatic carbocycles. The quantitative estimate of drug-likeness (QED) is 0.701. The van der Waals surface area contributed by atoms with E-state index < -0.39 is 0 Å². The summed E-state index contributed by atoms with van der Waals surface area (Å²) in [6.45, 7) is 6.10. The molecule has 0 saturated carbocycles. The van der Waals surface area contributed by atoms with E-state index in [2.05, 4.69) is 19.2 Å². The average molecular weight is 193 g/mol. The SMILES string of the molecule is CC(C)NCCCOc1ccccc1. The van der Waals surface area contributed by atoms with Crippen molar-refractivity contribution in [2.24, 2.45) is 0 Å². The van der Waals surface area contributed by atoms with E-state index in [1.807, 2.05) is 30.3 Å². The fourth-order valence-corrected chi connectivity index (χ4v) is 1.17. The first kappa shape index (κ1) is 11.1. The van der Waals surface area contributed by atoms with Gasteiger partial charge in [-0.1, -0.05) is 32.0 Å². The summed E-state index contributed by atoms with van der Waals surface area (Å²) < 4.78 is 5.55. The Balaban J connectivity index is 2.05. The first-order chi connectivity index (χ1) is 6.79. The molecule has 2 nitrogen and oxygen atoms in total. The smallest absolute Gasteiger partial charge is 0.119 e. The molecule has 0 radical (unpaired) electrons. The predicted molar refractivity (Wildman–Crippen MR) is 59.7 cm³/mol. The molecule has 0 aromatic heterocycles. The van der Waals surface area contributed by atoms with Gasteiger partial charge in [0, 0.05) is 6.04 Å². The zero-order chi connectivity index (χ0) is 10.2. The van der Waals surface area contributed by atoms with E-state index in [1.54, 1.807) is 0 Å². The molecule has 0 saturated heterocycles. The zero-order valence-corrected chi connectivity index (χ0v) is 8.99. The van der Waals surface area contributed by atoms with Gasteiger partial charge in [-0.3, -0.25) is 0 Å². The van der Waals surface area contributed by atoms with Crippen LogP contribution in [-0.4, -0.2) is 19.2 Å². The van der Waals surface area contributed by atoms with Gasteiger partial charge in [-0.05, 0) is 25.1 Å². The van der Waals surface area contributed by atoms with Gasteiger partial charge in [0.1, 0.15) is 5.75 Å². The minimum atomic E-state index is 0.562. The highest BCUT2D eigenvalue weighted by atomic mass is 16.5. The Morgan fingerprint density at radius 2 is 1.93 bits per heavy atom. The number of nitrogens with one attached hydrogen (secondary N) is 1. The molecule has 1 aromatic rings. The summed E-state index contributed by atoms with van der Waals surface area (Å²) in [7, 11) is 0. The Kier molecular flexibility index (Phi) is 5.08. The topological polar surface area (TPSA) is 21.3 Å². The first-order valence-corrected chi connectivity index (χ1v) is 5.20. The summed E-state index contributed by atoms with van der Waals surface area (Å²) in [5, 5.41) is 3.35. The number of ether oxygens (including phenoxy) is 1. The van der Waals surface area contributed by atoms with Crippen LogP contribution in [0.3, 0.4) is 0 Å². The van der Waals surface area contributed by atoms with Gasteiger partial charge in [-0.15, -0.1) is 0 Å². The van der Waals surface area contributed by atoms with Crippen LogP contribution in [0.2, 0.25) is 0 Å². The molecule has 0 spiro atoms. The number of rotatable bonds is 6. The third-order valence-corrected chi connectivity index (χ3v) is 1.89. The minimum absolute atomic E-state index is 0.562. The molecule has 0 fully saturated rings. The number of hydrogen-bond acceptors (Lipinski definition) is 2. The van der Waals surface area contributed by atoms with Crippen LogP contribution in [0.5, 0.6) is 5.75 Å². The van der Waals surface area contributed by atoms with E-state index in [1.165, 1.54) is 0 Å². The molecular weight excluding hydrogens is 174 g/mol. The van der Waals surface area contributed by atoms with E-state index in [0.29, 0.717) is 6.04 Å². The van der Waals surface area contributed by atoms with E-state index in [-0.39, 0.29) is 0 Å². The molecule has 2 heteroatoms. The second-order valence-corrected chi connectivity index (χ2v) is 3.62. The highest BCUT2D eigenvalue weighted by molar-refractivity contribution is 5.20. The molecule has 0 amide bonds. The summed E-state index contributed by atoms with van der Waals surface area (Å²) in [6, 6.07) is 10.5. The third kappa shape index (κ3) is 4.87. The molecular formula is C12H19NO. The Morgan fingerprint density at radius 3 is 2.57 bits per heavy atom. The molecule has 1 rings (SSSR count). The van der Waals surface area contributed by atoms with Gasteiger partial charge < -0.3 is 10.1 Å². The van der Waals surface area contributed by atoms with Crippen molar-refractivity contribution in [1.82, 2.24) is 5.32 Å². The van der Waals surface area contributed by atoms with Crippen molar-refractivity contribution in [3.05, 3.63) is 30.3 Å². The first-order valence-electron chi connectivity index (χ1n) is 5.20. The Morgan fingerprint density at radius 1 is 1.21 bits per heavy atom. The maximum Gasteiger partial charge on any atom is 0.119 e.